The third-order valence-electron chi connectivity index (χ3n) is 3.32. The number of nitrogens with two attached hydrogens (primary N) is 1. The molecule has 1 aliphatic rings. The quantitative estimate of drug-likeness (QED) is 0.919. The van der Waals surface area contributed by atoms with Gasteiger partial charge in [-0.2, -0.15) is 0 Å². The first-order valence-electron chi connectivity index (χ1n) is 6.63. The summed E-state index contributed by atoms with van der Waals surface area (Å²) in [7, 11) is 0. The van der Waals surface area contributed by atoms with Crippen molar-refractivity contribution >= 4 is 5.91 Å². The number of benzene rings is 1. The summed E-state index contributed by atoms with van der Waals surface area (Å²) in [6.07, 6.45) is 1.01. The predicted octanol–water partition coefficient (Wildman–Crippen LogP) is 1.68. The van der Waals surface area contributed by atoms with Crippen molar-refractivity contribution in [2.24, 2.45) is 5.73 Å². The van der Waals surface area contributed by atoms with Crippen LogP contribution in [0.15, 0.2) is 18.2 Å². The second kappa shape index (κ2) is 6.17. The molecule has 0 aliphatic carbocycles. The van der Waals surface area contributed by atoms with Gasteiger partial charge in [0.1, 0.15) is 5.75 Å². The Balaban J connectivity index is 1.98. The highest BCUT2D eigenvalue weighted by Crippen LogP contribution is 2.18. The lowest BCUT2D eigenvalue weighted by Crippen LogP contribution is -2.49. The number of likely N-dealkylation sites (tertiary alicyclic amines) is 1. The van der Waals surface area contributed by atoms with Crippen molar-refractivity contribution in [3.63, 3.8) is 0 Å². The smallest absolute Gasteiger partial charge is 0.263 e. The molecule has 1 fully saturated rings. The number of hydrogen-bond acceptors (Lipinski definition) is 3. The van der Waals surface area contributed by atoms with Crippen LogP contribution in [0, 0.1) is 11.6 Å². The lowest BCUT2D eigenvalue weighted by molar-refractivity contribution is -0.139. The Bertz CT molecular complexity index is 496. The van der Waals surface area contributed by atoms with Gasteiger partial charge in [0, 0.05) is 25.2 Å². The van der Waals surface area contributed by atoms with Gasteiger partial charge in [0.05, 0.1) is 0 Å². The van der Waals surface area contributed by atoms with Crippen molar-refractivity contribution in [1.29, 1.82) is 0 Å². The van der Waals surface area contributed by atoms with Crippen LogP contribution in [0.4, 0.5) is 8.78 Å². The molecule has 20 heavy (non-hydrogen) atoms. The molecule has 1 amide bonds. The van der Waals surface area contributed by atoms with Crippen LogP contribution in [0.25, 0.3) is 0 Å². The van der Waals surface area contributed by atoms with E-state index < -0.39 is 17.7 Å². The topological polar surface area (TPSA) is 55.6 Å². The molecule has 110 valence electrons. The van der Waals surface area contributed by atoms with Crippen LogP contribution < -0.4 is 10.5 Å². The first kappa shape index (κ1) is 14.7. The Morgan fingerprint density at radius 3 is 2.85 bits per heavy atom. The summed E-state index contributed by atoms with van der Waals surface area (Å²) in [6, 6.07) is 3.19. The lowest BCUT2D eigenvalue weighted by atomic mass is 10.1. The Morgan fingerprint density at radius 2 is 2.20 bits per heavy atom. The van der Waals surface area contributed by atoms with Crippen LogP contribution in [0.1, 0.15) is 19.8 Å². The summed E-state index contributed by atoms with van der Waals surface area (Å²) in [5.41, 5.74) is 5.83. The molecule has 0 spiro atoms. The van der Waals surface area contributed by atoms with Crippen molar-refractivity contribution in [3.05, 3.63) is 29.8 Å². The number of amides is 1. The van der Waals surface area contributed by atoms with E-state index in [1.54, 1.807) is 11.8 Å². The largest absolute Gasteiger partial charge is 0.481 e. The number of halogens is 2. The van der Waals surface area contributed by atoms with Gasteiger partial charge in [-0.25, -0.2) is 8.78 Å². The molecular formula is C14H18F2N2O2. The molecule has 2 N–H and O–H groups in total. The monoisotopic (exact) mass is 284 g/mol. The molecule has 0 unspecified atom stereocenters. The first-order chi connectivity index (χ1) is 9.47. The molecule has 6 heteroatoms. The molecule has 1 aromatic rings. The zero-order chi connectivity index (χ0) is 14.7. The molecule has 1 aromatic carbocycles. The van der Waals surface area contributed by atoms with E-state index in [0.717, 1.165) is 25.0 Å². The highest BCUT2D eigenvalue weighted by molar-refractivity contribution is 5.81. The fourth-order valence-corrected chi connectivity index (χ4v) is 2.27. The minimum Gasteiger partial charge on any atom is -0.481 e. The third-order valence-corrected chi connectivity index (χ3v) is 3.32. The third kappa shape index (κ3) is 3.45. The number of piperidine rings is 1. The van der Waals surface area contributed by atoms with Crippen molar-refractivity contribution in [1.82, 2.24) is 4.90 Å². The normalized spacial score (nSPS) is 20.6. The van der Waals surface area contributed by atoms with Gasteiger partial charge in [0.25, 0.3) is 5.91 Å². The second-order valence-corrected chi connectivity index (χ2v) is 5.02. The molecule has 0 bridgehead atoms. The van der Waals surface area contributed by atoms with Gasteiger partial charge < -0.3 is 15.4 Å². The molecule has 1 saturated heterocycles. The predicted molar refractivity (Wildman–Crippen MR) is 70.2 cm³/mol. The Kier molecular flexibility index (Phi) is 4.54. The highest BCUT2D eigenvalue weighted by atomic mass is 19.2. The van der Waals surface area contributed by atoms with Crippen molar-refractivity contribution in [2.75, 3.05) is 13.1 Å². The van der Waals surface area contributed by atoms with Gasteiger partial charge in [0.15, 0.2) is 17.7 Å². The zero-order valence-corrected chi connectivity index (χ0v) is 11.3. The van der Waals surface area contributed by atoms with E-state index >= 15 is 0 Å². The van der Waals surface area contributed by atoms with Crippen LogP contribution in [0.3, 0.4) is 0 Å². The molecule has 2 atom stereocenters. The number of ether oxygens (including phenoxy) is 1. The maximum Gasteiger partial charge on any atom is 0.263 e. The SMILES string of the molecule is C[C@H](Oc1ccc(F)c(F)c1)C(=O)N1CCC[C@@H](N)C1. The summed E-state index contributed by atoms with van der Waals surface area (Å²) in [5.74, 6) is -2.00. The van der Waals surface area contributed by atoms with E-state index in [9.17, 15) is 13.6 Å². The van der Waals surface area contributed by atoms with Gasteiger partial charge in [-0.3, -0.25) is 4.79 Å². The van der Waals surface area contributed by atoms with Crippen molar-refractivity contribution in [2.45, 2.75) is 31.9 Å². The molecule has 0 aromatic heterocycles. The molecule has 1 aliphatic heterocycles. The number of carbonyl (C=O) groups is 1. The van der Waals surface area contributed by atoms with Crippen LogP contribution in [0.5, 0.6) is 5.75 Å². The fourth-order valence-electron chi connectivity index (χ4n) is 2.27. The maximum atomic E-state index is 13.1. The maximum absolute atomic E-state index is 13.1. The first-order valence-corrected chi connectivity index (χ1v) is 6.63. The number of nitrogens with zero attached hydrogens (tertiary/aromatic N) is 1. The van der Waals surface area contributed by atoms with Crippen LogP contribution >= 0.6 is 0 Å². The summed E-state index contributed by atoms with van der Waals surface area (Å²) in [4.78, 5) is 13.8. The average molecular weight is 284 g/mol. The second-order valence-electron chi connectivity index (χ2n) is 5.02. The van der Waals surface area contributed by atoms with Gasteiger partial charge >= 0.3 is 0 Å². The molecule has 0 radical (unpaired) electrons. The number of hydrogen-bond donors (Lipinski definition) is 1. The van der Waals surface area contributed by atoms with Gasteiger partial charge in [-0.1, -0.05) is 0 Å². The fraction of sp³-hybridized carbons (Fsp3) is 0.500. The Labute approximate surface area is 116 Å². The number of carbonyl (C=O) groups excluding carboxylic acids is 1. The highest BCUT2D eigenvalue weighted by Gasteiger charge is 2.26. The van der Waals surface area contributed by atoms with E-state index in [1.165, 1.54) is 6.07 Å². The zero-order valence-electron chi connectivity index (χ0n) is 11.3. The minimum absolute atomic E-state index is 0.0110. The van der Waals surface area contributed by atoms with E-state index in [2.05, 4.69) is 0 Å². The molecule has 0 saturated carbocycles. The van der Waals surface area contributed by atoms with Crippen molar-refractivity contribution in [3.8, 4) is 5.75 Å². The minimum atomic E-state index is -0.998. The van der Waals surface area contributed by atoms with Gasteiger partial charge in [-0.15, -0.1) is 0 Å². The standard InChI is InChI=1S/C14H18F2N2O2/c1-9(14(19)18-6-2-3-10(17)8-18)20-11-4-5-12(15)13(16)7-11/h4-5,7,9-10H,2-3,6,8,17H2,1H3/t9-,10+/m0/s1. The summed E-state index contributed by atoms with van der Waals surface area (Å²) in [6.45, 7) is 2.74. The van der Waals surface area contributed by atoms with Crippen LogP contribution in [0.2, 0.25) is 0 Å². The average Bonchev–Trinajstić information content (AvgIpc) is 2.42. The Morgan fingerprint density at radius 1 is 1.45 bits per heavy atom. The molecule has 2 rings (SSSR count). The molecule has 1 heterocycles. The van der Waals surface area contributed by atoms with E-state index in [-0.39, 0.29) is 17.7 Å². The van der Waals surface area contributed by atoms with E-state index in [4.69, 9.17) is 10.5 Å². The van der Waals surface area contributed by atoms with E-state index in [1.807, 2.05) is 0 Å². The van der Waals surface area contributed by atoms with Crippen LogP contribution in [-0.4, -0.2) is 36.0 Å². The Hall–Kier alpha value is -1.69. The summed E-state index contributed by atoms with van der Waals surface area (Å²) in [5, 5.41) is 0. The van der Waals surface area contributed by atoms with Crippen LogP contribution in [-0.2, 0) is 4.79 Å². The summed E-state index contributed by atoms with van der Waals surface area (Å²) >= 11 is 0. The lowest BCUT2D eigenvalue weighted by Gasteiger charge is -2.32. The van der Waals surface area contributed by atoms with Crippen molar-refractivity contribution < 1.29 is 18.3 Å². The summed E-state index contributed by atoms with van der Waals surface area (Å²) < 4.78 is 31.2. The van der Waals surface area contributed by atoms with E-state index in [0.29, 0.717) is 13.1 Å². The van der Waals surface area contributed by atoms with Gasteiger partial charge in [0.2, 0.25) is 0 Å². The molecular weight excluding hydrogens is 266 g/mol. The number of rotatable bonds is 3. The van der Waals surface area contributed by atoms with Gasteiger partial charge in [-0.05, 0) is 31.9 Å². The molecule has 4 nitrogen and oxygen atoms in total.